The lowest BCUT2D eigenvalue weighted by atomic mass is 10.1. The van der Waals surface area contributed by atoms with Gasteiger partial charge in [-0.25, -0.2) is 13.2 Å². The van der Waals surface area contributed by atoms with Crippen LogP contribution in [0.3, 0.4) is 0 Å². The van der Waals surface area contributed by atoms with Crippen molar-refractivity contribution in [3.05, 3.63) is 64.6 Å². The summed E-state index contributed by atoms with van der Waals surface area (Å²) in [6.45, 7) is 1.46. The van der Waals surface area contributed by atoms with Crippen LogP contribution in [-0.4, -0.2) is 28.5 Å². The summed E-state index contributed by atoms with van der Waals surface area (Å²) in [6, 6.07) is 5.67. The number of aromatic hydroxyl groups is 1. The molecule has 27 heavy (non-hydrogen) atoms. The van der Waals surface area contributed by atoms with Gasteiger partial charge in [-0.2, -0.15) is 0 Å². The van der Waals surface area contributed by atoms with E-state index >= 15 is 0 Å². The van der Waals surface area contributed by atoms with E-state index in [0.717, 1.165) is 22.8 Å². The minimum absolute atomic E-state index is 0.0321. The van der Waals surface area contributed by atoms with Crippen molar-refractivity contribution >= 4 is 22.7 Å². The number of amides is 1. The number of fused-ring (bicyclic) bond motifs is 1. The lowest BCUT2D eigenvalue weighted by Crippen LogP contribution is -2.21. The number of phenols is 1. The lowest BCUT2D eigenvalue weighted by molar-refractivity contribution is -0.119. The highest BCUT2D eigenvalue weighted by atomic mass is 19.1. The molecule has 140 valence electrons. The molecule has 3 rings (SSSR count). The van der Waals surface area contributed by atoms with Crippen molar-refractivity contribution in [3.63, 3.8) is 0 Å². The maximum absolute atomic E-state index is 14.6. The minimum atomic E-state index is -1.27. The largest absolute Gasteiger partial charge is 0.503 e. The van der Waals surface area contributed by atoms with Gasteiger partial charge in [-0.1, -0.05) is 6.07 Å². The molecule has 0 saturated heterocycles. The topological polar surface area (TPSA) is 71.3 Å². The van der Waals surface area contributed by atoms with Gasteiger partial charge >= 0.3 is 0 Å². The second kappa shape index (κ2) is 6.79. The molecule has 2 N–H and O–H groups in total. The van der Waals surface area contributed by atoms with Gasteiger partial charge in [0.05, 0.1) is 11.9 Å². The number of rotatable bonds is 3. The van der Waals surface area contributed by atoms with E-state index in [1.165, 1.54) is 26.1 Å². The van der Waals surface area contributed by atoms with Crippen molar-refractivity contribution < 1.29 is 27.9 Å². The number of nitrogens with one attached hydrogen (secondary N) is 1. The molecule has 5 nitrogen and oxygen atoms in total. The molecule has 2 aromatic carbocycles. The van der Waals surface area contributed by atoms with Crippen LogP contribution in [0.4, 0.5) is 13.2 Å². The van der Waals surface area contributed by atoms with Crippen LogP contribution in [0.15, 0.2) is 30.3 Å². The SMILES string of the molecule is CNC(=O)Cc1c(C)n(C(=O)c2cccc(F)c2)c2cc(F)c(O)c(F)c12. The zero-order valence-electron chi connectivity index (χ0n) is 14.4. The minimum Gasteiger partial charge on any atom is -0.503 e. The van der Waals surface area contributed by atoms with Gasteiger partial charge < -0.3 is 10.4 Å². The van der Waals surface area contributed by atoms with Gasteiger partial charge in [0.25, 0.3) is 5.91 Å². The summed E-state index contributed by atoms with van der Waals surface area (Å²) >= 11 is 0. The number of benzene rings is 2. The standard InChI is InChI=1S/C19H15F3N2O3/c1-9-12(7-15(25)23-2)16-14(8-13(21)18(26)17(16)22)24(9)19(27)10-4-3-5-11(20)6-10/h3-6,8,26H,7H2,1-2H3,(H,23,25). The van der Waals surface area contributed by atoms with Crippen LogP contribution in [0.1, 0.15) is 21.6 Å². The highest BCUT2D eigenvalue weighted by Crippen LogP contribution is 2.35. The first kappa shape index (κ1) is 18.5. The summed E-state index contributed by atoms with van der Waals surface area (Å²) in [4.78, 5) is 24.7. The average molecular weight is 376 g/mol. The number of carbonyl (C=O) groups is 2. The van der Waals surface area contributed by atoms with E-state index in [1.807, 2.05) is 0 Å². The molecule has 8 heteroatoms. The summed E-state index contributed by atoms with van der Waals surface area (Å²) < 4.78 is 43.0. The van der Waals surface area contributed by atoms with Crippen LogP contribution in [0, 0.1) is 24.4 Å². The number of phenolic OH excluding ortho intramolecular Hbond substituents is 1. The Morgan fingerprint density at radius 2 is 1.89 bits per heavy atom. The Morgan fingerprint density at radius 3 is 2.52 bits per heavy atom. The number of carbonyl (C=O) groups excluding carboxylic acids is 2. The van der Waals surface area contributed by atoms with E-state index in [9.17, 15) is 27.9 Å². The molecule has 0 aliphatic carbocycles. The molecule has 0 aliphatic rings. The fraction of sp³-hybridized carbons (Fsp3) is 0.158. The van der Waals surface area contributed by atoms with Crippen molar-refractivity contribution in [2.45, 2.75) is 13.3 Å². The first-order valence-corrected chi connectivity index (χ1v) is 7.98. The van der Waals surface area contributed by atoms with Gasteiger partial charge in [-0.3, -0.25) is 14.2 Å². The number of likely N-dealkylation sites (N-methyl/N-ethyl adjacent to an activating group) is 1. The van der Waals surface area contributed by atoms with Crippen LogP contribution < -0.4 is 5.32 Å². The normalized spacial score (nSPS) is 11.0. The number of hydrogen-bond acceptors (Lipinski definition) is 3. The van der Waals surface area contributed by atoms with Crippen LogP contribution in [-0.2, 0) is 11.2 Å². The van der Waals surface area contributed by atoms with Crippen LogP contribution in [0.5, 0.6) is 5.75 Å². The average Bonchev–Trinajstić information content (AvgIpc) is 2.90. The molecule has 0 bridgehead atoms. The Labute approximate surface area is 152 Å². The quantitative estimate of drug-likeness (QED) is 0.738. The molecular formula is C19H15F3N2O3. The molecule has 0 fully saturated rings. The van der Waals surface area contributed by atoms with E-state index in [0.29, 0.717) is 0 Å². The second-order valence-electron chi connectivity index (χ2n) is 5.98. The number of halogens is 3. The molecule has 0 saturated carbocycles. The smallest absolute Gasteiger partial charge is 0.262 e. The van der Waals surface area contributed by atoms with Crippen LogP contribution >= 0.6 is 0 Å². The molecule has 0 atom stereocenters. The van der Waals surface area contributed by atoms with Crippen molar-refractivity contribution in [2.75, 3.05) is 7.05 Å². The number of nitrogens with zero attached hydrogens (tertiary/aromatic N) is 1. The molecule has 1 amide bonds. The predicted molar refractivity (Wildman–Crippen MR) is 92.2 cm³/mol. The van der Waals surface area contributed by atoms with Crippen molar-refractivity contribution in [1.29, 1.82) is 0 Å². The summed E-state index contributed by atoms with van der Waals surface area (Å²) in [5.41, 5.74) is 0.123. The first-order valence-electron chi connectivity index (χ1n) is 7.98. The molecule has 3 aromatic rings. The van der Waals surface area contributed by atoms with E-state index in [4.69, 9.17) is 0 Å². The van der Waals surface area contributed by atoms with Gasteiger partial charge in [-0.15, -0.1) is 0 Å². The zero-order chi connectivity index (χ0) is 19.9. The van der Waals surface area contributed by atoms with Gasteiger partial charge in [0, 0.05) is 29.8 Å². The Hall–Kier alpha value is -3.29. The summed E-state index contributed by atoms with van der Waals surface area (Å²) in [7, 11) is 1.39. The van der Waals surface area contributed by atoms with E-state index in [-0.39, 0.29) is 34.1 Å². The molecule has 0 spiro atoms. The first-order chi connectivity index (χ1) is 12.8. The number of aromatic nitrogens is 1. The van der Waals surface area contributed by atoms with Crippen molar-refractivity contribution in [3.8, 4) is 5.75 Å². The molecule has 0 aliphatic heterocycles. The Morgan fingerprint density at radius 1 is 1.19 bits per heavy atom. The van der Waals surface area contributed by atoms with Crippen molar-refractivity contribution in [2.24, 2.45) is 0 Å². The fourth-order valence-corrected chi connectivity index (χ4v) is 3.03. The monoisotopic (exact) mass is 376 g/mol. The Balaban J connectivity index is 2.34. The third-order valence-corrected chi connectivity index (χ3v) is 4.38. The second-order valence-corrected chi connectivity index (χ2v) is 5.98. The maximum atomic E-state index is 14.6. The van der Waals surface area contributed by atoms with Gasteiger partial charge in [0.2, 0.25) is 5.91 Å². The zero-order valence-corrected chi connectivity index (χ0v) is 14.4. The number of hydrogen-bond donors (Lipinski definition) is 2. The van der Waals surface area contributed by atoms with Gasteiger partial charge in [0.15, 0.2) is 17.4 Å². The molecule has 1 aromatic heterocycles. The third kappa shape index (κ3) is 3.03. The fourth-order valence-electron chi connectivity index (χ4n) is 3.03. The third-order valence-electron chi connectivity index (χ3n) is 4.38. The van der Waals surface area contributed by atoms with Gasteiger partial charge in [0.1, 0.15) is 5.82 Å². The highest BCUT2D eigenvalue weighted by Gasteiger charge is 2.26. The molecule has 0 unspecified atom stereocenters. The van der Waals surface area contributed by atoms with Crippen LogP contribution in [0.25, 0.3) is 10.9 Å². The summed E-state index contributed by atoms with van der Waals surface area (Å²) in [5, 5.41) is 11.8. The summed E-state index contributed by atoms with van der Waals surface area (Å²) in [6.07, 6.45) is -0.287. The molecule has 1 heterocycles. The van der Waals surface area contributed by atoms with Crippen molar-refractivity contribution in [1.82, 2.24) is 9.88 Å². The predicted octanol–water partition coefficient (Wildman–Crippen LogP) is 3.05. The summed E-state index contributed by atoms with van der Waals surface area (Å²) in [5.74, 6) is -5.54. The highest BCUT2D eigenvalue weighted by molar-refractivity contribution is 6.05. The molecule has 0 radical (unpaired) electrons. The van der Waals surface area contributed by atoms with E-state index in [1.54, 1.807) is 0 Å². The van der Waals surface area contributed by atoms with E-state index < -0.39 is 35.0 Å². The maximum Gasteiger partial charge on any atom is 0.262 e. The van der Waals surface area contributed by atoms with Gasteiger partial charge in [-0.05, 0) is 30.7 Å². The van der Waals surface area contributed by atoms with Crippen LogP contribution in [0.2, 0.25) is 0 Å². The molecular weight excluding hydrogens is 361 g/mol. The van der Waals surface area contributed by atoms with E-state index in [2.05, 4.69) is 5.32 Å². The lowest BCUT2D eigenvalue weighted by Gasteiger charge is -2.08. The Kier molecular flexibility index (Phi) is 4.65. The Bertz CT molecular complexity index is 1090.